The molecule has 0 fully saturated rings. The Labute approximate surface area is 129 Å². The molecule has 0 saturated heterocycles. The number of aliphatic hydroxyl groups excluding tert-OH is 1. The SMILES string of the molecule is C[n+]1c(N)n(CC(O)COc2ccccc2)c2ccccc21. The molecule has 0 amide bonds. The molecule has 3 rings (SSSR count). The fourth-order valence-corrected chi connectivity index (χ4v) is 2.57. The first-order valence-electron chi connectivity index (χ1n) is 7.25. The van der Waals surface area contributed by atoms with Gasteiger partial charge in [0, 0.05) is 0 Å². The number of para-hydroxylation sites is 3. The molecule has 0 aliphatic heterocycles. The molecule has 1 heterocycles. The highest BCUT2D eigenvalue weighted by atomic mass is 16.5. The van der Waals surface area contributed by atoms with Crippen LogP contribution in [0.3, 0.4) is 0 Å². The summed E-state index contributed by atoms with van der Waals surface area (Å²) >= 11 is 0. The molecule has 0 saturated carbocycles. The van der Waals surface area contributed by atoms with Crippen molar-refractivity contribution in [1.29, 1.82) is 0 Å². The van der Waals surface area contributed by atoms with Gasteiger partial charge in [-0.25, -0.2) is 9.13 Å². The molecule has 0 radical (unpaired) electrons. The largest absolute Gasteiger partial charge is 0.491 e. The average molecular weight is 298 g/mol. The summed E-state index contributed by atoms with van der Waals surface area (Å²) in [4.78, 5) is 0. The lowest BCUT2D eigenvalue weighted by Gasteiger charge is -2.12. The Hall–Kier alpha value is -2.53. The van der Waals surface area contributed by atoms with Crippen LogP contribution in [0.25, 0.3) is 11.0 Å². The van der Waals surface area contributed by atoms with Gasteiger partial charge in [0.1, 0.15) is 36.0 Å². The van der Waals surface area contributed by atoms with Gasteiger partial charge >= 0.3 is 5.95 Å². The van der Waals surface area contributed by atoms with Gasteiger partial charge in [0.05, 0.1) is 7.05 Å². The first kappa shape index (κ1) is 14.4. The second-order valence-electron chi connectivity index (χ2n) is 5.29. The van der Waals surface area contributed by atoms with Crippen LogP contribution >= 0.6 is 0 Å². The quantitative estimate of drug-likeness (QED) is 0.701. The summed E-state index contributed by atoms with van der Waals surface area (Å²) in [6.45, 7) is 0.611. The van der Waals surface area contributed by atoms with Gasteiger partial charge in [-0.2, -0.15) is 0 Å². The highest BCUT2D eigenvalue weighted by Crippen LogP contribution is 2.16. The van der Waals surface area contributed by atoms with E-state index in [-0.39, 0.29) is 6.61 Å². The number of rotatable bonds is 5. The van der Waals surface area contributed by atoms with Crippen molar-refractivity contribution in [1.82, 2.24) is 4.57 Å². The molecule has 3 aromatic rings. The van der Waals surface area contributed by atoms with E-state index in [1.165, 1.54) is 0 Å². The van der Waals surface area contributed by atoms with E-state index >= 15 is 0 Å². The third-order valence-corrected chi connectivity index (χ3v) is 3.73. The van der Waals surface area contributed by atoms with E-state index in [0.717, 1.165) is 16.8 Å². The monoisotopic (exact) mass is 298 g/mol. The highest BCUT2D eigenvalue weighted by molar-refractivity contribution is 5.73. The summed E-state index contributed by atoms with van der Waals surface area (Å²) < 4.78 is 9.42. The summed E-state index contributed by atoms with van der Waals surface area (Å²) in [6.07, 6.45) is -0.640. The Kier molecular flexibility index (Phi) is 3.98. The second-order valence-corrected chi connectivity index (χ2v) is 5.29. The molecule has 114 valence electrons. The molecule has 0 aliphatic carbocycles. The fourth-order valence-electron chi connectivity index (χ4n) is 2.57. The highest BCUT2D eigenvalue weighted by Gasteiger charge is 2.20. The van der Waals surface area contributed by atoms with Gasteiger partial charge in [0.15, 0.2) is 0 Å². The number of benzene rings is 2. The number of ether oxygens (including phenoxy) is 1. The number of nitrogen functional groups attached to an aromatic ring is 1. The molecule has 0 spiro atoms. The number of anilines is 1. The van der Waals surface area contributed by atoms with Crippen LogP contribution < -0.4 is 15.0 Å². The smallest absolute Gasteiger partial charge is 0.355 e. The number of imidazole rings is 1. The number of hydrogen-bond acceptors (Lipinski definition) is 3. The summed E-state index contributed by atoms with van der Waals surface area (Å²) in [5, 5.41) is 10.2. The number of hydrogen-bond donors (Lipinski definition) is 2. The molecular formula is C17H20N3O2+. The Morgan fingerprint density at radius 2 is 1.82 bits per heavy atom. The average Bonchev–Trinajstić information content (AvgIpc) is 2.79. The Bertz CT molecular complexity index is 768. The first-order valence-corrected chi connectivity index (χ1v) is 7.25. The van der Waals surface area contributed by atoms with Crippen LogP contribution in [-0.2, 0) is 13.6 Å². The molecule has 0 bridgehead atoms. The van der Waals surface area contributed by atoms with Crippen molar-refractivity contribution in [2.24, 2.45) is 7.05 Å². The zero-order chi connectivity index (χ0) is 15.5. The van der Waals surface area contributed by atoms with E-state index < -0.39 is 6.10 Å². The molecule has 3 N–H and O–H groups in total. The summed E-state index contributed by atoms with van der Waals surface area (Å²) in [5.74, 6) is 1.36. The maximum atomic E-state index is 10.2. The third kappa shape index (κ3) is 2.76. The van der Waals surface area contributed by atoms with Crippen LogP contribution in [0.15, 0.2) is 54.6 Å². The lowest BCUT2D eigenvalue weighted by molar-refractivity contribution is -0.630. The maximum Gasteiger partial charge on any atom is 0.355 e. The molecule has 22 heavy (non-hydrogen) atoms. The van der Waals surface area contributed by atoms with Crippen molar-refractivity contribution in [2.45, 2.75) is 12.6 Å². The summed E-state index contributed by atoms with van der Waals surface area (Å²) in [7, 11) is 1.92. The van der Waals surface area contributed by atoms with Gasteiger partial charge in [0.2, 0.25) is 0 Å². The van der Waals surface area contributed by atoms with Crippen molar-refractivity contribution >= 4 is 17.0 Å². The van der Waals surface area contributed by atoms with E-state index in [1.54, 1.807) is 0 Å². The van der Waals surface area contributed by atoms with Gasteiger partial charge in [-0.1, -0.05) is 30.3 Å². The molecule has 1 unspecified atom stereocenters. The zero-order valence-electron chi connectivity index (χ0n) is 12.5. The van der Waals surface area contributed by atoms with Crippen LogP contribution in [-0.4, -0.2) is 22.4 Å². The normalized spacial score (nSPS) is 12.5. The van der Waals surface area contributed by atoms with E-state index in [1.807, 2.05) is 70.8 Å². The standard InChI is InChI=1S/C17H19N3O2/c1-19-15-9-5-6-10-16(15)20(17(19)18)11-13(21)12-22-14-7-3-2-4-8-14/h2-10,13,18,21H,11-12H2,1H3/p+1. The lowest BCUT2D eigenvalue weighted by Crippen LogP contribution is -2.32. The van der Waals surface area contributed by atoms with Gasteiger partial charge in [-0.3, -0.25) is 5.73 Å². The third-order valence-electron chi connectivity index (χ3n) is 3.73. The van der Waals surface area contributed by atoms with Crippen molar-refractivity contribution in [3.8, 4) is 5.75 Å². The number of fused-ring (bicyclic) bond motifs is 1. The topological polar surface area (TPSA) is 64.3 Å². The molecule has 5 heteroatoms. The minimum atomic E-state index is -0.640. The van der Waals surface area contributed by atoms with Crippen LogP contribution in [0.5, 0.6) is 5.75 Å². The van der Waals surface area contributed by atoms with Gasteiger partial charge < -0.3 is 9.84 Å². The number of nitrogens with zero attached hydrogens (tertiary/aromatic N) is 2. The molecular weight excluding hydrogens is 278 g/mol. The van der Waals surface area contributed by atoms with Crippen LogP contribution in [0.1, 0.15) is 0 Å². The minimum absolute atomic E-state index is 0.222. The zero-order valence-corrected chi connectivity index (χ0v) is 12.5. The maximum absolute atomic E-state index is 10.2. The molecule has 1 atom stereocenters. The summed E-state index contributed by atoms with van der Waals surface area (Å²) in [5.41, 5.74) is 8.18. The van der Waals surface area contributed by atoms with Crippen LogP contribution in [0.4, 0.5) is 5.95 Å². The second kappa shape index (κ2) is 6.07. The molecule has 0 aliphatic rings. The Balaban J connectivity index is 1.74. The van der Waals surface area contributed by atoms with E-state index in [2.05, 4.69) is 0 Å². The number of nitrogens with two attached hydrogens (primary N) is 1. The molecule has 5 nitrogen and oxygen atoms in total. The predicted molar refractivity (Wildman–Crippen MR) is 85.5 cm³/mol. The van der Waals surface area contributed by atoms with Crippen molar-refractivity contribution in [3.05, 3.63) is 54.6 Å². The Morgan fingerprint density at radius 1 is 1.14 bits per heavy atom. The van der Waals surface area contributed by atoms with E-state index in [4.69, 9.17) is 10.5 Å². The van der Waals surface area contributed by atoms with Crippen LogP contribution in [0.2, 0.25) is 0 Å². The fraction of sp³-hybridized carbons (Fsp3) is 0.235. The van der Waals surface area contributed by atoms with Crippen molar-refractivity contribution < 1.29 is 14.4 Å². The number of aromatic nitrogens is 2. The molecule has 1 aromatic heterocycles. The molecule has 2 aromatic carbocycles. The van der Waals surface area contributed by atoms with Gasteiger partial charge in [-0.05, 0) is 24.3 Å². The summed E-state index contributed by atoms with van der Waals surface area (Å²) in [6, 6.07) is 17.4. The van der Waals surface area contributed by atoms with E-state index in [9.17, 15) is 5.11 Å². The number of aliphatic hydroxyl groups is 1. The first-order chi connectivity index (χ1) is 10.7. The van der Waals surface area contributed by atoms with Crippen molar-refractivity contribution in [2.75, 3.05) is 12.3 Å². The van der Waals surface area contributed by atoms with Crippen molar-refractivity contribution in [3.63, 3.8) is 0 Å². The Morgan fingerprint density at radius 3 is 2.59 bits per heavy atom. The number of aryl methyl sites for hydroxylation is 1. The predicted octanol–water partition coefficient (Wildman–Crippen LogP) is 1.49. The minimum Gasteiger partial charge on any atom is -0.491 e. The van der Waals surface area contributed by atoms with Gasteiger partial charge in [-0.15, -0.1) is 0 Å². The van der Waals surface area contributed by atoms with E-state index in [0.29, 0.717) is 12.5 Å². The van der Waals surface area contributed by atoms with Crippen LogP contribution in [0, 0.1) is 0 Å². The lowest BCUT2D eigenvalue weighted by atomic mass is 10.3. The van der Waals surface area contributed by atoms with Gasteiger partial charge in [0.25, 0.3) is 0 Å².